The maximum Gasteiger partial charge on any atom is 0.126 e. The van der Waals surface area contributed by atoms with Crippen LogP contribution in [0.1, 0.15) is 16.7 Å². The van der Waals surface area contributed by atoms with Crippen molar-refractivity contribution in [1.29, 1.82) is 5.41 Å². The summed E-state index contributed by atoms with van der Waals surface area (Å²) >= 11 is 0. The van der Waals surface area contributed by atoms with Gasteiger partial charge in [-0.05, 0) is 18.6 Å². The standard InChI is InChI=1S/C15H15FN2O/c1-10-6-7-12(16)8-14(10)19-9-11-4-2-3-5-13(11)15(17)18/h2-8H,9H2,1H3,(H3,17,18). The van der Waals surface area contributed by atoms with Gasteiger partial charge in [0.2, 0.25) is 0 Å². The predicted octanol–water partition coefficient (Wildman–Crippen LogP) is 3.00. The molecule has 0 atom stereocenters. The number of ether oxygens (including phenoxy) is 1. The van der Waals surface area contributed by atoms with Crippen LogP contribution in [0.15, 0.2) is 42.5 Å². The summed E-state index contributed by atoms with van der Waals surface area (Å²) in [5, 5.41) is 7.50. The Balaban J connectivity index is 2.19. The second kappa shape index (κ2) is 5.52. The van der Waals surface area contributed by atoms with Gasteiger partial charge in [-0.25, -0.2) is 4.39 Å². The van der Waals surface area contributed by atoms with E-state index in [9.17, 15) is 4.39 Å². The summed E-state index contributed by atoms with van der Waals surface area (Å²) in [6.07, 6.45) is 0. The first-order valence-corrected chi connectivity index (χ1v) is 5.89. The summed E-state index contributed by atoms with van der Waals surface area (Å²) in [5.41, 5.74) is 7.81. The molecule has 0 saturated carbocycles. The van der Waals surface area contributed by atoms with E-state index in [4.69, 9.17) is 15.9 Å². The van der Waals surface area contributed by atoms with Gasteiger partial charge in [0.25, 0.3) is 0 Å². The highest BCUT2D eigenvalue weighted by molar-refractivity contribution is 5.96. The zero-order chi connectivity index (χ0) is 13.8. The minimum absolute atomic E-state index is 0.00448. The fraction of sp³-hybridized carbons (Fsp3) is 0.133. The van der Waals surface area contributed by atoms with E-state index in [-0.39, 0.29) is 18.3 Å². The number of hydrogen-bond acceptors (Lipinski definition) is 2. The largest absolute Gasteiger partial charge is 0.489 e. The molecule has 0 amide bonds. The van der Waals surface area contributed by atoms with Gasteiger partial charge in [0, 0.05) is 17.2 Å². The van der Waals surface area contributed by atoms with E-state index < -0.39 is 0 Å². The van der Waals surface area contributed by atoms with Crippen LogP contribution < -0.4 is 10.5 Å². The predicted molar refractivity (Wildman–Crippen MR) is 72.9 cm³/mol. The summed E-state index contributed by atoms with van der Waals surface area (Å²) in [5.74, 6) is 0.161. The van der Waals surface area contributed by atoms with E-state index >= 15 is 0 Å². The van der Waals surface area contributed by atoms with E-state index in [1.165, 1.54) is 12.1 Å². The lowest BCUT2D eigenvalue weighted by molar-refractivity contribution is 0.302. The molecule has 3 N–H and O–H groups in total. The Labute approximate surface area is 111 Å². The number of halogens is 1. The van der Waals surface area contributed by atoms with Gasteiger partial charge in [0.15, 0.2) is 0 Å². The summed E-state index contributed by atoms with van der Waals surface area (Å²) in [4.78, 5) is 0. The van der Waals surface area contributed by atoms with E-state index in [1.807, 2.05) is 25.1 Å². The van der Waals surface area contributed by atoms with E-state index in [0.717, 1.165) is 11.1 Å². The third-order valence-electron chi connectivity index (χ3n) is 2.84. The Kier molecular flexibility index (Phi) is 3.80. The Bertz CT molecular complexity index is 611. The van der Waals surface area contributed by atoms with Gasteiger partial charge in [-0.3, -0.25) is 5.41 Å². The molecule has 3 nitrogen and oxygen atoms in total. The van der Waals surface area contributed by atoms with Crippen LogP contribution in [-0.2, 0) is 6.61 Å². The molecule has 4 heteroatoms. The number of benzene rings is 2. The van der Waals surface area contributed by atoms with E-state index in [2.05, 4.69) is 0 Å². The normalized spacial score (nSPS) is 10.2. The van der Waals surface area contributed by atoms with Crippen LogP contribution in [0.25, 0.3) is 0 Å². The van der Waals surface area contributed by atoms with Gasteiger partial charge in [0.1, 0.15) is 24.0 Å². The van der Waals surface area contributed by atoms with Crippen LogP contribution >= 0.6 is 0 Å². The number of amidine groups is 1. The molecule has 2 aromatic carbocycles. The van der Waals surface area contributed by atoms with Gasteiger partial charge in [-0.15, -0.1) is 0 Å². The van der Waals surface area contributed by atoms with Gasteiger partial charge in [-0.2, -0.15) is 0 Å². The first-order valence-electron chi connectivity index (χ1n) is 5.89. The Morgan fingerprint density at radius 1 is 1.26 bits per heavy atom. The number of aryl methyl sites for hydroxylation is 1. The lowest BCUT2D eigenvalue weighted by Gasteiger charge is -2.11. The number of nitrogens with one attached hydrogen (secondary N) is 1. The molecule has 0 fully saturated rings. The molecule has 0 aliphatic rings. The molecule has 0 radical (unpaired) electrons. The highest BCUT2D eigenvalue weighted by Gasteiger charge is 2.07. The third-order valence-corrected chi connectivity index (χ3v) is 2.84. The van der Waals surface area contributed by atoms with Crippen molar-refractivity contribution in [2.75, 3.05) is 0 Å². The third kappa shape index (κ3) is 3.10. The molecule has 2 aromatic rings. The van der Waals surface area contributed by atoms with Crippen LogP contribution in [0.4, 0.5) is 4.39 Å². The molecule has 0 unspecified atom stereocenters. The molecule has 98 valence electrons. The van der Waals surface area contributed by atoms with Crippen molar-refractivity contribution in [1.82, 2.24) is 0 Å². The molecule has 0 heterocycles. The second-order valence-electron chi connectivity index (χ2n) is 4.27. The fourth-order valence-corrected chi connectivity index (χ4v) is 1.79. The number of nitrogens with two attached hydrogens (primary N) is 1. The van der Waals surface area contributed by atoms with E-state index in [0.29, 0.717) is 11.3 Å². The average molecular weight is 258 g/mol. The first kappa shape index (κ1) is 13.1. The lowest BCUT2D eigenvalue weighted by atomic mass is 10.1. The molecule has 0 aromatic heterocycles. The van der Waals surface area contributed by atoms with Gasteiger partial charge >= 0.3 is 0 Å². The van der Waals surface area contributed by atoms with Crippen LogP contribution in [-0.4, -0.2) is 5.84 Å². The van der Waals surface area contributed by atoms with Crippen molar-refractivity contribution in [2.45, 2.75) is 13.5 Å². The summed E-state index contributed by atoms with van der Waals surface area (Å²) in [6, 6.07) is 11.7. The highest BCUT2D eigenvalue weighted by Crippen LogP contribution is 2.20. The molecule has 0 spiro atoms. The van der Waals surface area contributed by atoms with Crippen LogP contribution in [0.5, 0.6) is 5.75 Å². The topological polar surface area (TPSA) is 59.1 Å². The van der Waals surface area contributed by atoms with Crippen molar-refractivity contribution >= 4 is 5.84 Å². The maximum atomic E-state index is 13.1. The van der Waals surface area contributed by atoms with Crippen molar-refractivity contribution < 1.29 is 9.13 Å². The number of hydrogen-bond donors (Lipinski definition) is 2. The molecule has 0 aliphatic heterocycles. The number of nitrogen functional groups attached to an aromatic ring is 1. The average Bonchev–Trinajstić information content (AvgIpc) is 2.40. The van der Waals surface area contributed by atoms with E-state index in [1.54, 1.807) is 12.1 Å². The fourth-order valence-electron chi connectivity index (χ4n) is 1.79. The van der Waals surface area contributed by atoms with Gasteiger partial charge < -0.3 is 10.5 Å². The Morgan fingerprint density at radius 3 is 2.74 bits per heavy atom. The molecule has 0 saturated heterocycles. The summed E-state index contributed by atoms with van der Waals surface area (Å²) < 4.78 is 18.7. The second-order valence-corrected chi connectivity index (χ2v) is 4.27. The summed E-state index contributed by atoms with van der Waals surface area (Å²) in [6.45, 7) is 2.10. The van der Waals surface area contributed by atoms with Crippen LogP contribution in [0, 0.1) is 18.2 Å². The Hall–Kier alpha value is -2.36. The lowest BCUT2D eigenvalue weighted by Crippen LogP contribution is -2.14. The monoisotopic (exact) mass is 258 g/mol. The molecule has 0 bridgehead atoms. The highest BCUT2D eigenvalue weighted by atomic mass is 19.1. The first-order chi connectivity index (χ1) is 9.08. The SMILES string of the molecule is Cc1ccc(F)cc1OCc1ccccc1C(=N)N. The van der Waals surface area contributed by atoms with Gasteiger partial charge in [0.05, 0.1) is 0 Å². The van der Waals surface area contributed by atoms with Crippen molar-refractivity contribution in [3.63, 3.8) is 0 Å². The minimum Gasteiger partial charge on any atom is -0.489 e. The zero-order valence-corrected chi connectivity index (χ0v) is 10.6. The van der Waals surface area contributed by atoms with Crippen molar-refractivity contribution in [2.24, 2.45) is 5.73 Å². The van der Waals surface area contributed by atoms with Crippen molar-refractivity contribution in [3.05, 3.63) is 65.0 Å². The quantitative estimate of drug-likeness (QED) is 0.654. The van der Waals surface area contributed by atoms with Crippen molar-refractivity contribution in [3.8, 4) is 5.75 Å². The zero-order valence-electron chi connectivity index (χ0n) is 10.6. The molecule has 19 heavy (non-hydrogen) atoms. The van der Waals surface area contributed by atoms with Crippen LogP contribution in [0.2, 0.25) is 0 Å². The molecule has 0 aliphatic carbocycles. The molecular weight excluding hydrogens is 243 g/mol. The Morgan fingerprint density at radius 2 is 2.00 bits per heavy atom. The maximum absolute atomic E-state index is 13.1. The molecular formula is C15H15FN2O. The molecule has 2 rings (SSSR count). The van der Waals surface area contributed by atoms with Gasteiger partial charge in [-0.1, -0.05) is 30.3 Å². The summed E-state index contributed by atoms with van der Waals surface area (Å²) in [7, 11) is 0. The van der Waals surface area contributed by atoms with Crippen LogP contribution in [0.3, 0.4) is 0 Å². The smallest absolute Gasteiger partial charge is 0.126 e. The minimum atomic E-state index is -0.333. The number of rotatable bonds is 4.